The second kappa shape index (κ2) is 7.14. The van der Waals surface area contributed by atoms with Crippen LogP contribution in [0.2, 0.25) is 5.02 Å². The third kappa shape index (κ3) is 4.33. The minimum atomic E-state index is -1.94. The standard InChI is InChI=1S/C15H20ClN3O4/c1-15(23,14(21)22)9-18-12-11(16)7-10(8-17-12)13(20)19-5-3-2-4-6-19/h7-8,23H,2-6,9H2,1H3,(H,17,18)(H,21,22). The van der Waals surface area contributed by atoms with E-state index in [1.165, 1.54) is 19.2 Å². The minimum Gasteiger partial charge on any atom is -0.479 e. The SMILES string of the molecule is CC(O)(CNc1ncc(C(=O)N2CCCCC2)cc1Cl)C(=O)O. The van der Waals surface area contributed by atoms with Gasteiger partial charge in [-0.1, -0.05) is 11.6 Å². The maximum atomic E-state index is 12.4. The fraction of sp³-hybridized carbons (Fsp3) is 0.533. The van der Waals surface area contributed by atoms with E-state index in [-0.39, 0.29) is 23.3 Å². The molecule has 2 heterocycles. The van der Waals surface area contributed by atoms with Crippen LogP contribution < -0.4 is 5.32 Å². The average Bonchev–Trinajstić information content (AvgIpc) is 2.53. The molecule has 1 amide bonds. The Morgan fingerprint density at radius 3 is 2.61 bits per heavy atom. The van der Waals surface area contributed by atoms with E-state index >= 15 is 0 Å². The van der Waals surface area contributed by atoms with Gasteiger partial charge in [-0.2, -0.15) is 0 Å². The molecule has 1 saturated heterocycles. The van der Waals surface area contributed by atoms with E-state index in [9.17, 15) is 14.7 Å². The van der Waals surface area contributed by atoms with Gasteiger partial charge in [-0.05, 0) is 32.3 Å². The summed E-state index contributed by atoms with van der Waals surface area (Å²) in [6, 6.07) is 1.50. The first-order valence-electron chi connectivity index (χ1n) is 7.46. The number of nitrogens with one attached hydrogen (secondary N) is 1. The van der Waals surface area contributed by atoms with Gasteiger partial charge in [0.15, 0.2) is 5.60 Å². The van der Waals surface area contributed by atoms with E-state index in [0.29, 0.717) is 5.56 Å². The number of piperidine rings is 1. The van der Waals surface area contributed by atoms with Crippen molar-refractivity contribution in [2.45, 2.75) is 31.8 Å². The topological polar surface area (TPSA) is 103 Å². The largest absolute Gasteiger partial charge is 0.479 e. The number of carbonyl (C=O) groups is 2. The molecule has 3 N–H and O–H groups in total. The summed E-state index contributed by atoms with van der Waals surface area (Å²) in [6.45, 7) is 2.38. The molecule has 0 aliphatic carbocycles. The van der Waals surface area contributed by atoms with Crippen LogP contribution in [0.3, 0.4) is 0 Å². The van der Waals surface area contributed by atoms with E-state index in [2.05, 4.69) is 10.3 Å². The van der Waals surface area contributed by atoms with Crippen molar-refractivity contribution < 1.29 is 19.8 Å². The molecule has 126 valence electrons. The van der Waals surface area contributed by atoms with Crippen molar-refractivity contribution in [2.75, 3.05) is 25.0 Å². The first kappa shape index (κ1) is 17.5. The Labute approximate surface area is 139 Å². The highest BCUT2D eigenvalue weighted by molar-refractivity contribution is 6.33. The molecule has 0 bridgehead atoms. The molecule has 1 aromatic heterocycles. The summed E-state index contributed by atoms with van der Waals surface area (Å²) >= 11 is 6.10. The van der Waals surface area contributed by atoms with Gasteiger partial charge in [0, 0.05) is 19.3 Å². The van der Waals surface area contributed by atoms with Gasteiger partial charge in [0.25, 0.3) is 5.91 Å². The highest BCUT2D eigenvalue weighted by Gasteiger charge is 2.30. The predicted octanol–water partition coefficient (Wildman–Crippen LogP) is 1.61. The van der Waals surface area contributed by atoms with Gasteiger partial charge in [-0.15, -0.1) is 0 Å². The van der Waals surface area contributed by atoms with Gasteiger partial charge >= 0.3 is 5.97 Å². The Hall–Kier alpha value is -1.86. The smallest absolute Gasteiger partial charge is 0.337 e. The van der Waals surface area contributed by atoms with Crippen LogP contribution in [0.5, 0.6) is 0 Å². The van der Waals surface area contributed by atoms with Gasteiger partial charge in [-0.3, -0.25) is 4.79 Å². The maximum Gasteiger partial charge on any atom is 0.337 e. The Balaban J connectivity index is 2.05. The molecule has 2 rings (SSSR count). The summed E-state index contributed by atoms with van der Waals surface area (Å²) < 4.78 is 0. The third-order valence-electron chi connectivity index (χ3n) is 3.79. The lowest BCUT2D eigenvalue weighted by Gasteiger charge is -2.26. The number of halogens is 1. The normalized spacial score (nSPS) is 17.4. The van der Waals surface area contributed by atoms with Gasteiger partial charge < -0.3 is 20.4 Å². The zero-order chi connectivity index (χ0) is 17.0. The molecule has 7 nitrogen and oxygen atoms in total. The Bertz CT molecular complexity index is 600. The first-order valence-corrected chi connectivity index (χ1v) is 7.83. The number of hydrogen-bond donors (Lipinski definition) is 3. The number of carboxylic acid groups (broad SMARTS) is 1. The van der Waals surface area contributed by atoms with Crippen LogP contribution in [-0.4, -0.2) is 57.2 Å². The molecule has 0 saturated carbocycles. The lowest BCUT2D eigenvalue weighted by molar-refractivity contribution is -0.155. The summed E-state index contributed by atoms with van der Waals surface area (Å²) in [5, 5.41) is 21.4. The van der Waals surface area contributed by atoms with Crippen LogP contribution >= 0.6 is 11.6 Å². The van der Waals surface area contributed by atoms with Gasteiger partial charge in [-0.25, -0.2) is 9.78 Å². The predicted molar refractivity (Wildman–Crippen MR) is 85.8 cm³/mol. The number of hydrogen-bond acceptors (Lipinski definition) is 5. The van der Waals surface area contributed by atoms with Crippen molar-refractivity contribution in [3.05, 3.63) is 22.8 Å². The summed E-state index contributed by atoms with van der Waals surface area (Å²) in [5.41, 5.74) is -1.54. The molecule has 0 radical (unpaired) electrons. The summed E-state index contributed by atoms with van der Waals surface area (Å²) in [7, 11) is 0. The number of nitrogens with zero attached hydrogens (tertiary/aromatic N) is 2. The first-order chi connectivity index (χ1) is 10.8. The molecule has 0 spiro atoms. The fourth-order valence-corrected chi connectivity index (χ4v) is 2.53. The number of amides is 1. The van der Waals surface area contributed by atoms with Crippen LogP contribution in [0, 0.1) is 0 Å². The fourth-order valence-electron chi connectivity index (χ4n) is 2.30. The molecule has 1 aliphatic heterocycles. The summed E-state index contributed by atoms with van der Waals surface area (Å²) in [6.07, 6.45) is 4.53. The molecular formula is C15H20ClN3O4. The molecule has 1 aromatic rings. The number of rotatable bonds is 5. The molecule has 8 heteroatoms. The van der Waals surface area contributed by atoms with E-state index in [0.717, 1.165) is 32.4 Å². The van der Waals surface area contributed by atoms with Crippen LogP contribution in [0.25, 0.3) is 0 Å². The van der Waals surface area contributed by atoms with Crippen molar-refractivity contribution in [3.8, 4) is 0 Å². The van der Waals surface area contributed by atoms with Crippen molar-refractivity contribution >= 4 is 29.3 Å². The van der Waals surface area contributed by atoms with E-state index < -0.39 is 11.6 Å². The zero-order valence-corrected chi connectivity index (χ0v) is 13.6. The number of carbonyl (C=O) groups excluding carboxylic acids is 1. The van der Waals surface area contributed by atoms with Crippen LogP contribution in [0.1, 0.15) is 36.5 Å². The van der Waals surface area contributed by atoms with E-state index in [1.807, 2.05) is 0 Å². The van der Waals surface area contributed by atoms with E-state index in [1.54, 1.807) is 4.90 Å². The van der Waals surface area contributed by atoms with Gasteiger partial charge in [0.05, 0.1) is 17.1 Å². The second-order valence-corrected chi connectivity index (χ2v) is 6.25. The quantitative estimate of drug-likeness (QED) is 0.752. The molecule has 23 heavy (non-hydrogen) atoms. The van der Waals surface area contributed by atoms with Gasteiger partial charge in [0.1, 0.15) is 5.82 Å². The van der Waals surface area contributed by atoms with Crippen molar-refractivity contribution in [3.63, 3.8) is 0 Å². The third-order valence-corrected chi connectivity index (χ3v) is 4.08. The molecular weight excluding hydrogens is 322 g/mol. The number of anilines is 1. The lowest BCUT2D eigenvalue weighted by Crippen LogP contribution is -2.42. The second-order valence-electron chi connectivity index (χ2n) is 5.84. The Morgan fingerprint density at radius 1 is 1.39 bits per heavy atom. The number of aromatic nitrogens is 1. The highest BCUT2D eigenvalue weighted by atomic mass is 35.5. The molecule has 0 aromatic carbocycles. The van der Waals surface area contributed by atoms with Gasteiger partial charge in [0.2, 0.25) is 0 Å². The highest BCUT2D eigenvalue weighted by Crippen LogP contribution is 2.22. The average molecular weight is 342 g/mol. The van der Waals surface area contributed by atoms with Crippen LogP contribution in [0.15, 0.2) is 12.3 Å². The maximum absolute atomic E-state index is 12.4. The molecule has 1 atom stereocenters. The minimum absolute atomic E-state index is 0.108. The number of likely N-dealkylation sites (tertiary alicyclic amines) is 1. The van der Waals surface area contributed by atoms with Crippen molar-refractivity contribution in [1.29, 1.82) is 0 Å². The molecule has 1 fully saturated rings. The summed E-state index contributed by atoms with van der Waals surface area (Å²) in [4.78, 5) is 29.0. The summed E-state index contributed by atoms with van der Waals surface area (Å²) in [5.74, 6) is -1.23. The van der Waals surface area contributed by atoms with Crippen LogP contribution in [0.4, 0.5) is 5.82 Å². The number of aliphatic carboxylic acids is 1. The van der Waals surface area contributed by atoms with Crippen molar-refractivity contribution in [1.82, 2.24) is 9.88 Å². The zero-order valence-electron chi connectivity index (χ0n) is 12.9. The van der Waals surface area contributed by atoms with E-state index in [4.69, 9.17) is 16.7 Å². The Kier molecular flexibility index (Phi) is 5.43. The number of carboxylic acids is 1. The lowest BCUT2D eigenvalue weighted by atomic mass is 10.1. The van der Waals surface area contributed by atoms with Crippen LogP contribution in [-0.2, 0) is 4.79 Å². The monoisotopic (exact) mass is 341 g/mol. The molecule has 1 unspecified atom stereocenters. The Morgan fingerprint density at radius 2 is 2.04 bits per heavy atom. The number of aliphatic hydroxyl groups is 1. The van der Waals surface area contributed by atoms with Crippen molar-refractivity contribution in [2.24, 2.45) is 0 Å². The molecule has 1 aliphatic rings. The number of pyridine rings is 1.